The van der Waals surface area contributed by atoms with Gasteiger partial charge in [-0.25, -0.2) is 0 Å². The number of aliphatic hydroxyl groups is 1. The highest BCUT2D eigenvalue weighted by Crippen LogP contribution is 2.37. The minimum absolute atomic E-state index is 0.445. The van der Waals surface area contributed by atoms with Crippen molar-refractivity contribution < 1.29 is 5.11 Å². The fraction of sp³-hybridized carbons (Fsp3) is 0.387. The third kappa shape index (κ3) is 4.72. The second kappa shape index (κ2) is 10.4. The molecule has 0 amide bonds. The third-order valence-corrected chi connectivity index (χ3v) is 7.71. The molecule has 5 nitrogen and oxygen atoms in total. The molecule has 188 valence electrons. The Bertz CT molecular complexity index is 1360. The first-order valence-electron chi connectivity index (χ1n) is 13.4. The number of anilines is 3. The molecule has 5 rings (SSSR count). The maximum absolute atomic E-state index is 10.2. The van der Waals surface area contributed by atoms with Gasteiger partial charge in [-0.05, 0) is 84.0 Å². The van der Waals surface area contributed by atoms with Crippen molar-refractivity contribution in [2.45, 2.75) is 71.3 Å². The smallest absolute Gasteiger partial charge is 0.0966 e. The lowest BCUT2D eigenvalue weighted by Crippen LogP contribution is -2.08. The van der Waals surface area contributed by atoms with E-state index in [2.05, 4.69) is 90.9 Å². The standard InChI is InChI=1S/C31H38N4O/c1-5-20(4)26-17-22(35-28-14-16-33-31-25(28)10-12-29(31)36)9-11-27(26)32-15-13-21-18-34-30-23(19(2)3)7-6-8-24(21)30/h6-9,11,14,16-20,29,32,34,36H,5,10,12-13,15H2,1-4H3,(H,33,35). The molecule has 0 saturated heterocycles. The number of aromatic nitrogens is 2. The van der Waals surface area contributed by atoms with E-state index in [0.717, 1.165) is 54.9 Å². The molecule has 2 aromatic carbocycles. The van der Waals surface area contributed by atoms with E-state index in [1.807, 2.05) is 6.07 Å². The summed E-state index contributed by atoms with van der Waals surface area (Å²) in [6.07, 6.45) is 7.16. The predicted molar refractivity (Wildman–Crippen MR) is 151 cm³/mol. The van der Waals surface area contributed by atoms with Crippen molar-refractivity contribution in [3.05, 3.63) is 82.8 Å². The topological polar surface area (TPSA) is 73.0 Å². The summed E-state index contributed by atoms with van der Waals surface area (Å²) < 4.78 is 0. The van der Waals surface area contributed by atoms with Crippen LogP contribution in [0.4, 0.5) is 17.1 Å². The van der Waals surface area contributed by atoms with Crippen LogP contribution in [-0.2, 0) is 12.8 Å². The van der Waals surface area contributed by atoms with Gasteiger partial charge in [0, 0.05) is 46.9 Å². The van der Waals surface area contributed by atoms with Crippen LogP contribution in [0.1, 0.15) is 86.4 Å². The Hall–Kier alpha value is -3.31. The van der Waals surface area contributed by atoms with Crippen LogP contribution in [-0.4, -0.2) is 21.6 Å². The largest absolute Gasteiger partial charge is 0.387 e. The zero-order chi connectivity index (χ0) is 25.2. The highest BCUT2D eigenvalue weighted by molar-refractivity contribution is 5.86. The van der Waals surface area contributed by atoms with Crippen LogP contribution in [0.3, 0.4) is 0 Å². The number of hydrogen-bond donors (Lipinski definition) is 4. The quantitative estimate of drug-likeness (QED) is 0.198. The van der Waals surface area contributed by atoms with Gasteiger partial charge in [0.1, 0.15) is 0 Å². The fourth-order valence-corrected chi connectivity index (χ4v) is 5.43. The van der Waals surface area contributed by atoms with Crippen molar-refractivity contribution in [2.75, 3.05) is 17.2 Å². The number of hydrogen-bond acceptors (Lipinski definition) is 4. The van der Waals surface area contributed by atoms with Crippen molar-refractivity contribution in [1.29, 1.82) is 0 Å². The second-order valence-electron chi connectivity index (χ2n) is 10.4. The molecule has 0 aliphatic heterocycles. The van der Waals surface area contributed by atoms with Crippen LogP contribution >= 0.6 is 0 Å². The van der Waals surface area contributed by atoms with Gasteiger partial charge in [-0.15, -0.1) is 0 Å². The van der Waals surface area contributed by atoms with Crippen molar-refractivity contribution in [2.24, 2.45) is 0 Å². The van der Waals surface area contributed by atoms with Gasteiger partial charge in [0.2, 0.25) is 0 Å². The summed E-state index contributed by atoms with van der Waals surface area (Å²) in [7, 11) is 0. The lowest BCUT2D eigenvalue weighted by molar-refractivity contribution is 0.176. The van der Waals surface area contributed by atoms with E-state index in [4.69, 9.17) is 0 Å². The summed E-state index contributed by atoms with van der Waals surface area (Å²) in [5.74, 6) is 0.947. The number of para-hydroxylation sites is 1. The Labute approximate surface area is 214 Å². The van der Waals surface area contributed by atoms with E-state index in [1.54, 1.807) is 6.20 Å². The minimum atomic E-state index is -0.446. The monoisotopic (exact) mass is 482 g/mol. The summed E-state index contributed by atoms with van der Waals surface area (Å²) in [5.41, 5.74) is 10.6. The van der Waals surface area contributed by atoms with E-state index < -0.39 is 6.10 Å². The Balaban J connectivity index is 1.33. The molecule has 1 aliphatic rings. The molecule has 2 atom stereocenters. The molecule has 36 heavy (non-hydrogen) atoms. The number of benzene rings is 2. The molecule has 5 heteroatoms. The molecule has 4 N–H and O–H groups in total. The number of pyridine rings is 1. The van der Waals surface area contributed by atoms with Crippen LogP contribution < -0.4 is 10.6 Å². The lowest BCUT2D eigenvalue weighted by atomic mass is 9.95. The fourth-order valence-electron chi connectivity index (χ4n) is 5.43. The zero-order valence-corrected chi connectivity index (χ0v) is 21.9. The molecule has 2 heterocycles. The van der Waals surface area contributed by atoms with Gasteiger partial charge in [0.25, 0.3) is 0 Å². The van der Waals surface area contributed by atoms with Gasteiger partial charge in [0.15, 0.2) is 0 Å². The molecule has 0 spiro atoms. The lowest BCUT2D eigenvalue weighted by Gasteiger charge is -2.19. The van der Waals surface area contributed by atoms with E-state index in [1.165, 1.54) is 33.3 Å². The molecule has 2 unspecified atom stereocenters. The zero-order valence-electron chi connectivity index (χ0n) is 21.9. The van der Waals surface area contributed by atoms with Gasteiger partial charge in [-0.1, -0.05) is 45.9 Å². The molecular formula is C31H38N4O. The summed E-state index contributed by atoms with van der Waals surface area (Å²) >= 11 is 0. The first-order chi connectivity index (χ1) is 17.5. The highest BCUT2D eigenvalue weighted by Gasteiger charge is 2.24. The average molecular weight is 483 g/mol. The molecule has 0 radical (unpaired) electrons. The van der Waals surface area contributed by atoms with Crippen LogP contribution in [0.2, 0.25) is 0 Å². The van der Waals surface area contributed by atoms with Crippen molar-refractivity contribution >= 4 is 28.0 Å². The number of fused-ring (bicyclic) bond motifs is 2. The van der Waals surface area contributed by atoms with Gasteiger partial charge in [-0.2, -0.15) is 0 Å². The third-order valence-electron chi connectivity index (χ3n) is 7.71. The van der Waals surface area contributed by atoms with Gasteiger partial charge < -0.3 is 20.7 Å². The molecule has 0 saturated carbocycles. The number of aromatic amines is 1. The molecule has 0 fully saturated rings. The van der Waals surface area contributed by atoms with Crippen molar-refractivity contribution in [3.8, 4) is 0 Å². The Morgan fingerprint density at radius 2 is 1.94 bits per heavy atom. The summed E-state index contributed by atoms with van der Waals surface area (Å²) in [4.78, 5) is 7.92. The van der Waals surface area contributed by atoms with Crippen LogP contribution in [0.5, 0.6) is 0 Å². The van der Waals surface area contributed by atoms with Crippen molar-refractivity contribution in [3.63, 3.8) is 0 Å². The van der Waals surface area contributed by atoms with Gasteiger partial charge in [-0.3, -0.25) is 4.98 Å². The highest BCUT2D eigenvalue weighted by atomic mass is 16.3. The number of rotatable bonds is 9. The van der Waals surface area contributed by atoms with Crippen molar-refractivity contribution in [1.82, 2.24) is 9.97 Å². The Morgan fingerprint density at radius 1 is 1.08 bits per heavy atom. The van der Waals surface area contributed by atoms with Gasteiger partial charge >= 0.3 is 0 Å². The SMILES string of the molecule is CCC(C)c1cc(Nc2ccnc3c2CCC3O)ccc1NCCc1c[nH]c2c(C(C)C)cccc12. The maximum Gasteiger partial charge on any atom is 0.0966 e. The number of H-pyrrole nitrogens is 1. The minimum Gasteiger partial charge on any atom is -0.387 e. The number of nitrogens with zero attached hydrogens (tertiary/aromatic N) is 1. The maximum atomic E-state index is 10.2. The van der Waals surface area contributed by atoms with E-state index in [9.17, 15) is 5.11 Å². The number of nitrogens with one attached hydrogen (secondary N) is 3. The molecule has 4 aromatic rings. The normalized spacial score (nSPS) is 15.9. The summed E-state index contributed by atoms with van der Waals surface area (Å²) in [5, 5.41) is 18.9. The Kier molecular flexibility index (Phi) is 7.01. The first kappa shape index (κ1) is 24.4. The van der Waals surface area contributed by atoms with Crippen LogP contribution in [0.25, 0.3) is 10.9 Å². The molecule has 2 aromatic heterocycles. The van der Waals surface area contributed by atoms with E-state index in [0.29, 0.717) is 11.8 Å². The van der Waals surface area contributed by atoms with Crippen LogP contribution in [0, 0.1) is 0 Å². The first-order valence-corrected chi connectivity index (χ1v) is 13.4. The molecule has 0 bridgehead atoms. The summed E-state index contributed by atoms with van der Waals surface area (Å²) in [6, 6.07) is 15.3. The number of aliphatic hydroxyl groups excluding tert-OH is 1. The summed E-state index contributed by atoms with van der Waals surface area (Å²) in [6.45, 7) is 9.90. The predicted octanol–water partition coefficient (Wildman–Crippen LogP) is 7.58. The van der Waals surface area contributed by atoms with Gasteiger partial charge in [0.05, 0.1) is 11.8 Å². The Morgan fingerprint density at radius 3 is 2.75 bits per heavy atom. The van der Waals surface area contributed by atoms with Crippen LogP contribution in [0.15, 0.2) is 54.9 Å². The molecule has 1 aliphatic carbocycles. The molecular weight excluding hydrogens is 444 g/mol. The average Bonchev–Trinajstić information content (AvgIpc) is 3.48. The second-order valence-corrected chi connectivity index (χ2v) is 10.4. The van der Waals surface area contributed by atoms with E-state index >= 15 is 0 Å². The van der Waals surface area contributed by atoms with E-state index in [-0.39, 0.29) is 0 Å².